The molecule has 0 aliphatic carbocycles. The molecular weight excluding hydrogens is 258 g/mol. The van der Waals surface area contributed by atoms with Crippen molar-refractivity contribution < 1.29 is 24.6 Å². The Morgan fingerprint density at radius 2 is 2.06 bits per heavy atom. The average molecular weight is 275 g/mol. The van der Waals surface area contributed by atoms with E-state index in [0.717, 1.165) is 0 Å². The number of nitrogens with zero attached hydrogens (tertiary/aromatic N) is 1. The number of aliphatic carboxylic acids is 2. The summed E-state index contributed by atoms with van der Waals surface area (Å²) in [4.78, 5) is 34.8. The molecule has 0 bridgehead atoms. The van der Waals surface area contributed by atoms with Crippen LogP contribution < -0.4 is 0 Å². The number of hydrogen-bond acceptors (Lipinski definition) is 4. The predicted octanol–water partition coefficient (Wildman–Crippen LogP) is 0.516. The van der Waals surface area contributed by atoms with Crippen LogP contribution in [-0.4, -0.2) is 57.1 Å². The average Bonchev–Trinajstić information content (AvgIpc) is 2.76. The van der Waals surface area contributed by atoms with Gasteiger partial charge in [0.25, 0.3) is 0 Å². The maximum atomic E-state index is 12.0. The lowest BCUT2D eigenvalue weighted by molar-refractivity contribution is -0.149. The first-order valence-electron chi connectivity index (χ1n) is 5.76. The van der Waals surface area contributed by atoms with Crippen LogP contribution in [0.1, 0.15) is 19.8 Å². The standard InChI is InChI=1S/C11H17NO5S/c1-7(5-18-6-9(13)14)10(15)12-4-2-3-8(12)11(16)17/h7-8H,2-6H2,1H3,(H,13,14)(H,16,17)/t7-,8-/m1/s1. The Morgan fingerprint density at radius 3 is 2.61 bits per heavy atom. The highest BCUT2D eigenvalue weighted by Crippen LogP contribution is 2.21. The number of amides is 1. The van der Waals surface area contributed by atoms with Gasteiger partial charge in [0.2, 0.25) is 5.91 Å². The maximum absolute atomic E-state index is 12.0. The molecule has 1 fully saturated rings. The van der Waals surface area contributed by atoms with E-state index in [4.69, 9.17) is 10.2 Å². The van der Waals surface area contributed by atoms with E-state index in [1.165, 1.54) is 16.7 Å². The largest absolute Gasteiger partial charge is 0.481 e. The monoisotopic (exact) mass is 275 g/mol. The van der Waals surface area contributed by atoms with Crippen molar-refractivity contribution in [1.82, 2.24) is 4.90 Å². The summed E-state index contributed by atoms with van der Waals surface area (Å²) >= 11 is 1.17. The van der Waals surface area contributed by atoms with Crippen molar-refractivity contribution in [2.75, 3.05) is 18.1 Å². The SMILES string of the molecule is C[C@H](CSCC(=O)O)C(=O)N1CCC[C@@H]1C(=O)O. The Kier molecular flexibility index (Phi) is 5.46. The normalized spacial score (nSPS) is 20.7. The topological polar surface area (TPSA) is 94.9 Å². The minimum Gasteiger partial charge on any atom is -0.481 e. The predicted molar refractivity (Wildman–Crippen MR) is 66.5 cm³/mol. The smallest absolute Gasteiger partial charge is 0.326 e. The Balaban J connectivity index is 2.47. The lowest BCUT2D eigenvalue weighted by atomic mass is 10.1. The molecule has 1 aliphatic heterocycles. The third-order valence-corrected chi connectivity index (χ3v) is 4.02. The molecule has 0 aromatic heterocycles. The van der Waals surface area contributed by atoms with Crippen molar-refractivity contribution in [3.63, 3.8) is 0 Å². The Hall–Kier alpha value is -1.24. The number of carboxylic acids is 2. The summed E-state index contributed by atoms with van der Waals surface area (Å²) in [7, 11) is 0. The first kappa shape index (κ1) is 14.8. The van der Waals surface area contributed by atoms with Gasteiger partial charge in [0.1, 0.15) is 6.04 Å². The first-order valence-corrected chi connectivity index (χ1v) is 6.91. The lowest BCUT2D eigenvalue weighted by Crippen LogP contribution is -2.43. The van der Waals surface area contributed by atoms with E-state index >= 15 is 0 Å². The molecule has 102 valence electrons. The molecule has 2 atom stereocenters. The van der Waals surface area contributed by atoms with Crippen LogP contribution in [0.5, 0.6) is 0 Å². The van der Waals surface area contributed by atoms with Crippen molar-refractivity contribution in [1.29, 1.82) is 0 Å². The molecule has 18 heavy (non-hydrogen) atoms. The summed E-state index contributed by atoms with van der Waals surface area (Å²) in [6.07, 6.45) is 1.20. The summed E-state index contributed by atoms with van der Waals surface area (Å²) in [5, 5.41) is 17.5. The van der Waals surface area contributed by atoms with Gasteiger partial charge in [0.05, 0.1) is 5.75 Å². The van der Waals surface area contributed by atoms with Crippen molar-refractivity contribution >= 4 is 29.6 Å². The van der Waals surface area contributed by atoms with E-state index in [1.54, 1.807) is 6.92 Å². The summed E-state index contributed by atoms with van der Waals surface area (Å²) in [6.45, 7) is 2.18. The number of hydrogen-bond donors (Lipinski definition) is 2. The first-order chi connectivity index (χ1) is 8.43. The Bertz CT molecular complexity index is 346. The van der Waals surface area contributed by atoms with Gasteiger partial charge in [0.15, 0.2) is 0 Å². The van der Waals surface area contributed by atoms with Crippen LogP contribution in [0.2, 0.25) is 0 Å². The lowest BCUT2D eigenvalue weighted by Gasteiger charge is -2.24. The molecular formula is C11H17NO5S. The van der Waals surface area contributed by atoms with Crippen LogP contribution in [0, 0.1) is 5.92 Å². The molecule has 0 aromatic rings. The minimum atomic E-state index is -0.966. The molecule has 1 rings (SSSR count). The third-order valence-electron chi connectivity index (χ3n) is 2.84. The second-order valence-corrected chi connectivity index (χ2v) is 5.37. The number of carbonyl (C=O) groups is 3. The minimum absolute atomic E-state index is 0.0417. The van der Waals surface area contributed by atoms with Crippen molar-refractivity contribution in [3.8, 4) is 0 Å². The van der Waals surface area contributed by atoms with Gasteiger partial charge in [-0.1, -0.05) is 6.92 Å². The van der Waals surface area contributed by atoms with Gasteiger partial charge in [0, 0.05) is 18.2 Å². The van der Waals surface area contributed by atoms with Crippen molar-refractivity contribution in [3.05, 3.63) is 0 Å². The van der Waals surface area contributed by atoms with Gasteiger partial charge in [-0.05, 0) is 12.8 Å². The van der Waals surface area contributed by atoms with Crippen LogP contribution in [0.4, 0.5) is 0 Å². The summed E-state index contributed by atoms with van der Waals surface area (Å²) in [6, 6.07) is -0.718. The molecule has 0 saturated carbocycles. The molecule has 2 N–H and O–H groups in total. The van der Waals surface area contributed by atoms with Gasteiger partial charge in [-0.15, -0.1) is 11.8 Å². The molecule has 6 nitrogen and oxygen atoms in total. The quantitative estimate of drug-likeness (QED) is 0.733. The second kappa shape index (κ2) is 6.63. The number of carbonyl (C=O) groups excluding carboxylic acids is 1. The second-order valence-electron chi connectivity index (χ2n) is 4.34. The molecule has 0 radical (unpaired) electrons. The van der Waals surface area contributed by atoms with E-state index in [9.17, 15) is 14.4 Å². The Morgan fingerprint density at radius 1 is 1.39 bits per heavy atom. The summed E-state index contributed by atoms with van der Waals surface area (Å²) in [5.41, 5.74) is 0. The van der Waals surface area contributed by atoms with E-state index in [0.29, 0.717) is 25.1 Å². The Labute approximate surface area is 109 Å². The van der Waals surface area contributed by atoms with Crippen molar-refractivity contribution in [2.24, 2.45) is 5.92 Å². The number of carboxylic acid groups (broad SMARTS) is 2. The molecule has 1 heterocycles. The van der Waals surface area contributed by atoms with Gasteiger partial charge in [-0.25, -0.2) is 4.79 Å². The molecule has 7 heteroatoms. The highest BCUT2D eigenvalue weighted by molar-refractivity contribution is 7.99. The summed E-state index contributed by atoms with van der Waals surface area (Å²) < 4.78 is 0. The number of rotatable bonds is 6. The van der Waals surface area contributed by atoms with Gasteiger partial charge >= 0.3 is 11.9 Å². The number of likely N-dealkylation sites (tertiary alicyclic amines) is 1. The zero-order valence-corrected chi connectivity index (χ0v) is 11.0. The van der Waals surface area contributed by atoms with Crippen LogP contribution in [-0.2, 0) is 14.4 Å². The zero-order valence-electron chi connectivity index (χ0n) is 10.2. The molecule has 0 spiro atoms. The van der Waals surface area contributed by atoms with E-state index in [-0.39, 0.29) is 17.6 Å². The van der Waals surface area contributed by atoms with E-state index in [1.807, 2.05) is 0 Å². The van der Waals surface area contributed by atoms with Crippen LogP contribution in [0.3, 0.4) is 0 Å². The highest BCUT2D eigenvalue weighted by Gasteiger charge is 2.35. The third kappa shape index (κ3) is 3.90. The van der Waals surface area contributed by atoms with Gasteiger partial charge < -0.3 is 15.1 Å². The van der Waals surface area contributed by atoms with E-state index in [2.05, 4.69) is 0 Å². The number of thioether (sulfide) groups is 1. The highest BCUT2D eigenvalue weighted by atomic mass is 32.2. The van der Waals surface area contributed by atoms with E-state index < -0.39 is 18.0 Å². The molecule has 1 saturated heterocycles. The van der Waals surface area contributed by atoms with Crippen LogP contribution >= 0.6 is 11.8 Å². The zero-order chi connectivity index (χ0) is 13.7. The van der Waals surface area contributed by atoms with Crippen LogP contribution in [0.25, 0.3) is 0 Å². The van der Waals surface area contributed by atoms with Crippen LogP contribution in [0.15, 0.2) is 0 Å². The fourth-order valence-electron chi connectivity index (χ4n) is 1.96. The molecule has 0 unspecified atom stereocenters. The maximum Gasteiger partial charge on any atom is 0.326 e. The van der Waals surface area contributed by atoms with Gasteiger partial charge in [-0.3, -0.25) is 9.59 Å². The van der Waals surface area contributed by atoms with Crippen molar-refractivity contribution in [2.45, 2.75) is 25.8 Å². The molecule has 1 aliphatic rings. The fourth-order valence-corrected chi connectivity index (χ4v) is 2.75. The summed E-state index contributed by atoms with van der Waals surface area (Å²) in [5.74, 6) is -2.07. The molecule has 1 amide bonds. The molecule has 0 aromatic carbocycles. The fraction of sp³-hybridized carbons (Fsp3) is 0.727. The van der Waals surface area contributed by atoms with Gasteiger partial charge in [-0.2, -0.15) is 0 Å².